The molecule has 0 saturated heterocycles. The van der Waals surface area contributed by atoms with Gasteiger partial charge in [-0.1, -0.05) is 0 Å². The zero-order valence-electron chi connectivity index (χ0n) is 21.8. The second-order valence-electron chi connectivity index (χ2n) is 10.7. The third-order valence-electron chi connectivity index (χ3n) is 7.67. The molecule has 8 heteroatoms. The number of aromatic nitrogens is 1. The number of aromatic amines is 1. The lowest BCUT2D eigenvalue weighted by atomic mass is 9.88. The zero-order chi connectivity index (χ0) is 26.1. The van der Waals surface area contributed by atoms with E-state index in [1.165, 1.54) is 12.8 Å². The van der Waals surface area contributed by atoms with Crippen molar-refractivity contribution in [2.45, 2.75) is 77.4 Å². The summed E-state index contributed by atoms with van der Waals surface area (Å²) in [7, 11) is 0. The molecule has 3 aliphatic rings. The second-order valence-corrected chi connectivity index (χ2v) is 10.7. The molecule has 2 heterocycles. The fourth-order valence-corrected chi connectivity index (χ4v) is 5.47. The minimum absolute atomic E-state index is 0.000601. The summed E-state index contributed by atoms with van der Waals surface area (Å²) in [5.41, 5.74) is 4.63. The third kappa shape index (κ3) is 5.58. The van der Waals surface area contributed by atoms with Gasteiger partial charge in [0.2, 0.25) is 5.91 Å². The third-order valence-corrected chi connectivity index (χ3v) is 7.67. The van der Waals surface area contributed by atoms with Crippen LogP contribution in [0.5, 0.6) is 5.75 Å². The van der Waals surface area contributed by atoms with Crippen molar-refractivity contribution in [3.05, 3.63) is 58.5 Å². The fourth-order valence-electron chi connectivity index (χ4n) is 5.47. The summed E-state index contributed by atoms with van der Waals surface area (Å²) < 4.78 is 6.20. The topological polar surface area (TPSA) is 112 Å². The average Bonchev–Trinajstić information content (AvgIpc) is 3.57. The smallest absolute Gasteiger partial charge is 0.255 e. The molecule has 196 valence electrons. The van der Waals surface area contributed by atoms with Crippen LogP contribution < -0.4 is 20.7 Å². The highest BCUT2D eigenvalue weighted by molar-refractivity contribution is 6.20. The van der Waals surface area contributed by atoms with E-state index in [0.717, 1.165) is 54.0 Å². The van der Waals surface area contributed by atoms with Gasteiger partial charge in [0, 0.05) is 47.6 Å². The van der Waals surface area contributed by atoms with Gasteiger partial charge in [-0.3, -0.25) is 14.4 Å². The van der Waals surface area contributed by atoms with Crippen LogP contribution in [0.15, 0.2) is 36.2 Å². The molecule has 0 bridgehead atoms. The Labute approximate surface area is 217 Å². The number of hydrogen-bond acceptors (Lipinski definition) is 5. The van der Waals surface area contributed by atoms with Crippen LogP contribution in [0, 0.1) is 5.92 Å². The molecule has 2 saturated carbocycles. The van der Waals surface area contributed by atoms with E-state index in [9.17, 15) is 14.4 Å². The van der Waals surface area contributed by atoms with Gasteiger partial charge in [-0.15, -0.1) is 0 Å². The number of nitrogens with one attached hydrogen (secondary N) is 4. The number of hydrogen-bond donors (Lipinski definition) is 4. The zero-order valence-corrected chi connectivity index (χ0v) is 21.8. The Morgan fingerprint density at radius 2 is 1.65 bits per heavy atom. The largest absolute Gasteiger partial charge is 0.493 e. The first-order valence-electron chi connectivity index (χ1n) is 13.3. The molecule has 4 N–H and O–H groups in total. The molecule has 0 radical (unpaired) electrons. The Kier molecular flexibility index (Phi) is 7.09. The van der Waals surface area contributed by atoms with E-state index in [4.69, 9.17) is 4.74 Å². The number of amides is 2. The highest BCUT2D eigenvalue weighted by Gasteiger charge is 2.34. The summed E-state index contributed by atoms with van der Waals surface area (Å²) in [5.74, 6) is 1.25. The molecule has 1 aliphatic heterocycles. The normalized spacial score (nSPS) is 23.1. The van der Waals surface area contributed by atoms with Crippen LogP contribution >= 0.6 is 0 Å². The molecule has 8 nitrogen and oxygen atoms in total. The van der Waals surface area contributed by atoms with Crippen LogP contribution in [0.1, 0.15) is 92.5 Å². The van der Waals surface area contributed by atoms with Crippen LogP contribution in [0.3, 0.4) is 0 Å². The van der Waals surface area contributed by atoms with Crippen LogP contribution in [-0.4, -0.2) is 41.3 Å². The van der Waals surface area contributed by atoms with Gasteiger partial charge in [-0.05, 0) is 82.6 Å². The lowest BCUT2D eigenvalue weighted by Crippen LogP contribution is -2.44. The number of ketones is 1. The summed E-state index contributed by atoms with van der Waals surface area (Å²) in [4.78, 5) is 40.3. The minimum Gasteiger partial charge on any atom is -0.493 e. The Morgan fingerprint density at radius 1 is 0.946 bits per heavy atom. The van der Waals surface area contributed by atoms with Crippen molar-refractivity contribution < 1.29 is 19.1 Å². The lowest BCUT2D eigenvalue weighted by Gasteiger charge is -2.32. The van der Waals surface area contributed by atoms with Crippen molar-refractivity contribution in [2.75, 3.05) is 6.61 Å². The number of fused-ring (bicyclic) bond motifs is 1. The quantitative estimate of drug-likeness (QED) is 0.406. The van der Waals surface area contributed by atoms with Gasteiger partial charge < -0.3 is 25.7 Å². The van der Waals surface area contributed by atoms with Gasteiger partial charge in [-0.2, -0.15) is 0 Å². The standard InChI is InChI=1S/C29H36N4O4/c1-16-26(29(36)33-22-9-7-21(8-10-22)32-18(3)35)28-23(12-13-30-28)27(31-16)24-14-20(17(2)34)6-11-25(24)37-15-19-4-5-19/h6,11-14,19,21-22,27,30-31H,4-5,7-10,15H2,1-3H3,(H,32,35)(H,33,36). The summed E-state index contributed by atoms with van der Waals surface area (Å²) in [6.45, 7) is 5.70. The van der Waals surface area contributed by atoms with Crippen molar-refractivity contribution in [1.29, 1.82) is 0 Å². The molecule has 37 heavy (non-hydrogen) atoms. The molecule has 1 aromatic carbocycles. The number of allylic oxidation sites excluding steroid dienone is 1. The van der Waals surface area contributed by atoms with Crippen LogP contribution in [0.4, 0.5) is 0 Å². The van der Waals surface area contributed by atoms with E-state index in [0.29, 0.717) is 23.7 Å². The van der Waals surface area contributed by atoms with Crippen LogP contribution in [-0.2, 0) is 9.59 Å². The second kappa shape index (κ2) is 10.4. The van der Waals surface area contributed by atoms with Gasteiger partial charge in [0.05, 0.1) is 23.9 Å². The lowest BCUT2D eigenvalue weighted by molar-refractivity contribution is -0.120. The molecule has 2 aliphatic carbocycles. The van der Waals surface area contributed by atoms with Crippen LogP contribution in [0.2, 0.25) is 0 Å². The van der Waals surface area contributed by atoms with E-state index in [2.05, 4.69) is 20.9 Å². The summed E-state index contributed by atoms with van der Waals surface area (Å²) in [5, 5.41) is 9.74. The number of carbonyl (C=O) groups excluding carboxylic acids is 3. The van der Waals surface area contributed by atoms with E-state index in [1.54, 1.807) is 13.8 Å². The number of rotatable bonds is 8. The predicted molar refractivity (Wildman–Crippen MR) is 141 cm³/mol. The monoisotopic (exact) mass is 504 g/mol. The van der Waals surface area contributed by atoms with Crippen molar-refractivity contribution in [1.82, 2.24) is 20.9 Å². The number of benzene rings is 1. The van der Waals surface area contributed by atoms with E-state index in [1.807, 2.05) is 37.4 Å². The van der Waals surface area contributed by atoms with Gasteiger partial charge in [0.15, 0.2) is 5.78 Å². The first-order valence-corrected chi connectivity index (χ1v) is 13.3. The molecular weight excluding hydrogens is 468 g/mol. The summed E-state index contributed by atoms with van der Waals surface area (Å²) >= 11 is 0. The Morgan fingerprint density at radius 3 is 2.30 bits per heavy atom. The predicted octanol–water partition coefficient (Wildman–Crippen LogP) is 3.99. The first kappa shape index (κ1) is 25.1. The molecular formula is C29H36N4O4. The summed E-state index contributed by atoms with van der Waals surface area (Å²) in [6.07, 6.45) is 7.61. The molecule has 1 aromatic heterocycles. The number of H-pyrrole nitrogens is 1. The molecule has 2 aromatic rings. The van der Waals surface area contributed by atoms with Crippen molar-refractivity contribution in [3.8, 4) is 5.75 Å². The van der Waals surface area contributed by atoms with Gasteiger partial charge in [0.25, 0.3) is 5.91 Å². The molecule has 2 fully saturated rings. The van der Waals surface area contributed by atoms with Crippen molar-refractivity contribution >= 4 is 23.2 Å². The van der Waals surface area contributed by atoms with Crippen molar-refractivity contribution in [2.24, 2.45) is 5.92 Å². The van der Waals surface area contributed by atoms with E-state index >= 15 is 0 Å². The van der Waals surface area contributed by atoms with E-state index in [-0.39, 0.29) is 35.7 Å². The molecule has 0 spiro atoms. The highest BCUT2D eigenvalue weighted by Crippen LogP contribution is 2.40. The highest BCUT2D eigenvalue weighted by atomic mass is 16.5. The number of ether oxygens (including phenoxy) is 1. The van der Waals surface area contributed by atoms with Gasteiger partial charge in [0.1, 0.15) is 5.75 Å². The number of Topliss-reactive ketones (excluding diaryl/α,β-unsaturated/α-hetero) is 1. The minimum atomic E-state index is -0.251. The Hall–Kier alpha value is -3.55. The maximum Gasteiger partial charge on any atom is 0.255 e. The fraction of sp³-hybridized carbons (Fsp3) is 0.483. The van der Waals surface area contributed by atoms with E-state index < -0.39 is 0 Å². The maximum atomic E-state index is 13.5. The SMILES string of the molecule is CC(=O)NC1CCC(NC(=O)C2=C(C)NC(c3cc(C(C)=O)ccc3OCC3CC3)c3cc[nH]c32)CC1. The summed E-state index contributed by atoms with van der Waals surface area (Å²) in [6, 6.07) is 7.60. The van der Waals surface area contributed by atoms with Crippen molar-refractivity contribution in [3.63, 3.8) is 0 Å². The molecule has 5 rings (SSSR count). The average molecular weight is 505 g/mol. The first-order chi connectivity index (χ1) is 17.8. The molecule has 1 unspecified atom stereocenters. The Balaban J connectivity index is 1.37. The Bertz CT molecular complexity index is 1230. The van der Waals surface area contributed by atoms with Gasteiger partial charge in [-0.25, -0.2) is 0 Å². The van der Waals surface area contributed by atoms with Gasteiger partial charge >= 0.3 is 0 Å². The maximum absolute atomic E-state index is 13.5. The molecule has 2 amide bonds. The molecule has 1 atom stereocenters. The number of carbonyl (C=O) groups is 3. The van der Waals surface area contributed by atoms with Crippen LogP contribution in [0.25, 0.3) is 5.57 Å².